The second-order valence-electron chi connectivity index (χ2n) is 5.63. The van der Waals surface area contributed by atoms with Crippen molar-refractivity contribution in [2.75, 3.05) is 13.2 Å². The van der Waals surface area contributed by atoms with Crippen molar-refractivity contribution in [1.82, 2.24) is 5.06 Å². The smallest absolute Gasteiger partial charge is 0.167 e. The molecule has 6 N–H and O–H groups in total. The van der Waals surface area contributed by atoms with E-state index in [1.165, 1.54) is 30.3 Å². The fourth-order valence-corrected chi connectivity index (χ4v) is 2.41. The Bertz CT molecular complexity index is 655. The van der Waals surface area contributed by atoms with Crippen molar-refractivity contribution >= 4 is 0 Å². The van der Waals surface area contributed by atoms with Crippen molar-refractivity contribution < 1.29 is 30.7 Å². The lowest BCUT2D eigenvalue weighted by Gasteiger charge is -2.34. The Morgan fingerprint density at radius 2 is 1.50 bits per heavy atom. The Hall–Kier alpha value is -2.32. The van der Waals surface area contributed by atoms with Gasteiger partial charge in [-0.15, -0.1) is 0 Å². The molecule has 2 aromatic carbocycles. The van der Waals surface area contributed by atoms with Crippen LogP contribution in [0.15, 0.2) is 42.5 Å². The summed E-state index contributed by atoms with van der Waals surface area (Å²) in [5.41, 5.74) is -1.09. The van der Waals surface area contributed by atoms with Crippen molar-refractivity contribution in [3.63, 3.8) is 0 Å². The summed E-state index contributed by atoms with van der Waals surface area (Å²) in [6.45, 7) is -0.850. The number of aliphatic hydroxyl groups is 2. The number of benzene rings is 2. The lowest BCUT2D eigenvalue weighted by molar-refractivity contribution is -0.274. The summed E-state index contributed by atoms with van der Waals surface area (Å²) < 4.78 is 0. The highest BCUT2D eigenvalue weighted by Gasteiger charge is 2.33. The van der Waals surface area contributed by atoms with Gasteiger partial charge >= 0.3 is 0 Å². The molecule has 1 atom stereocenters. The number of rotatable bonds is 7. The van der Waals surface area contributed by atoms with E-state index in [0.717, 1.165) is 0 Å². The van der Waals surface area contributed by atoms with Crippen LogP contribution < -0.4 is 0 Å². The first kappa shape index (κ1) is 18.0. The van der Waals surface area contributed by atoms with Crippen LogP contribution in [-0.4, -0.2) is 54.7 Å². The summed E-state index contributed by atoms with van der Waals surface area (Å²) in [4.78, 5) is 0. The van der Waals surface area contributed by atoms with Crippen LogP contribution in [0, 0.1) is 0 Å². The van der Waals surface area contributed by atoms with E-state index in [1.807, 2.05) is 0 Å². The number of aromatic hydroxyl groups is 3. The summed E-state index contributed by atoms with van der Waals surface area (Å²) >= 11 is 0. The second kappa shape index (κ2) is 7.50. The molecular formula is C17H21NO6. The zero-order chi connectivity index (χ0) is 17.7. The van der Waals surface area contributed by atoms with Crippen molar-refractivity contribution in [1.29, 1.82) is 0 Å². The predicted molar refractivity (Wildman–Crippen MR) is 85.8 cm³/mol. The van der Waals surface area contributed by atoms with Crippen LogP contribution in [0.5, 0.6) is 17.2 Å². The molecule has 2 rings (SSSR count). The lowest BCUT2D eigenvalue weighted by Crippen LogP contribution is -2.52. The molecule has 0 radical (unpaired) electrons. The van der Waals surface area contributed by atoms with Crippen LogP contribution in [0.3, 0.4) is 0 Å². The third kappa shape index (κ3) is 4.15. The highest BCUT2D eigenvalue weighted by molar-refractivity contribution is 5.43. The molecule has 0 spiro atoms. The lowest BCUT2D eigenvalue weighted by atomic mass is 10.0. The van der Waals surface area contributed by atoms with Crippen LogP contribution in [-0.2, 0) is 12.8 Å². The average Bonchev–Trinajstić information content (AvgIpc) is 2.56. The Morgan fingerprint density at radius 1 is 0.917 bits per heavy atom. The van der Waals surface area contributed by atoms with E-state index in [9.17, 15) is 30.7 Å². The van der Waals surface area contributed by atoms with Gasteiger partial charge in [0.2, 0.25) is 0 Å². The van der Waals surface area contributed by atoms with E-state index in [2.05, 4.69) is 0 Å². The minimum absolute atomic E-state index is 0.0624. The van der Waals surface area contributed by atoms with Crippen LogP contribution in [0.1, 0.15) is 11.1 Å². The molecule has 0 aliphatic heterocycles. The Kier molecular flexibility index (Phi) is 5.63. The molecule has 0 saturated heterocycles. The first-order chi connectivity index (χ1) is 11.4. The Morgan fingerprint density at radius 3 is 2.04 bits per heavy atom. The monoisotopic (exact) mass is 335 g/mol. The van der Waals surface area contributed by atoms with Gasteiger partial charge in [-0.2, -0.15) is 5.06 Å². The number of phenolic OH excluding ortho intramolecular Hbond substituents is 3. The molecule has 24 heavy (non-hydrogen) atoms. The molecule has 0 heterocycles. The molecule has 0 unspecified atom stereocenters. The minimum Gasteiger partial charge on any atom is -0.508 e. The van der Waals surface area contributed by atoms with Crippen molar-refractivity contribution in [3.8, 4) is 17.2 Å². The average molecular weight is 335 g/mol. The summed E-state index contributed by atoms with van der Waals surface area (Å²) in [6.07, 6.45) is -0.0140. The van der Waals surface area contributed by atoms with Gasteiger partial charge < -0.3 is 30.7 Å². The van der Waals surface area contributed by atoms with Crippen molar-refractivity contribution in [2.24, 2.45) is 0 Å². The fraction of sp³-hybridized carbons (Fsp3) is 0.294. The van der Waals surface area contributed by atoms with Crippen molar-refractivity contribution in [2.45, 2.75) is 18.6 Å². The zero-order valence-electron chi connectivity index (χ0n) is 13.0. The molecular weight excluding hydrogens is 314 g/mol. The summed E-state index contributed by atoms with van der Waals surface area (Å²) in [6, 6.07) is 10.3. The van der Waals surface area contributed by atoms with E-state index in [0.29, 0.717) is 10.6 Å². The first-order valence-corrected chi connectivity index (χ1v) is 7.43. The third-order valence-corrected chi connectivity index (χ3v) is 3.86. The highest BCUT2D eigenvalue weighted by atomic mass is 16.5. The number of nitrogens with zero attached hydrogens (tertiary/aromatic N) is 1. The van der Waals surface area contributed by atoms with E-state index in [4.69, 9.17) is 0 Å². The fourth-order valence-electron chi connectivity index (χ4n) is 2.41. The first-order valence-electron chi connectivity index (χ1n) is 7.43. The minimum atomic E-state index is -1.93. The Labute approximate surface area is 139 Å². The zero-order valence-corrected chi connectivity index (χ0v) is 13.0. The van der Waals surface area contributed by atoms with Gasteiger partial charge in [-0.3, -0.25) is 0 Å². The van der Waals surface area contributed by atoms with Gasteiger partial charge in [-0.1, -0.05) is 18.2 Å². The maximum atomic E-state index is 10.5. The van der Waals surface area contributed by atoms with Gasteiger partial charge in [0.25, 0.3) is 0 Å². The van der Waals surface area contributed by atoms with Crippen molar-refractivity contribution in [3.05, 3.63) is 53.6 Å². The van der Waals surface area contributed by atoms with E-state index in [-0.39, 0.29) is 42.2 Å². The van der Waals surface area contributed by atoms with Gasteiger partial charge in [0.1, 0.15) is 17.2 Å². The van der Waals surface area contributed by atoms with Crippen LogP contribution in [0.25, 0.3) is 0 Å². The maximum absolute atomic E-state index is 10.5. The van der Waals surface area contributed by atoms with Gasteiger partial charge in [0.05, 0.1) is 6.61 Å². The molecule has 0 aliphatic rings. The molecule has 0 aromatic heterocycles. The summed E-state index contributed by atoms with van der Waals surface area (Å²) in [5, 5.41) is 59.4. The molecule has 0 bridgehead atoms. The molecule has 0 aliphatic carbocycles. The molecule has 7 heteroatoms. The van der Waals surface area contributed by atoms with Gasteiger partial charge in [-0.25, -0.2) is 0 Å². The maximum Gasteiger partial charge on any atom is 0.167 e. The largest absolute Gasteiger partial charge is 0.508 e. The molecule has 130 valence electrons. The SMILES string of the molecule is OC[C@](O)(Cc1ccc(O)cc1)N(O)CCc1c(O)cccc1O. The number of hydroxylamine groups is 2. The van der Waals surface area contributed by atoms with E-state index in [1.54, 1.807) is 12.1 Å². The topological polar surface area (TPSA) is 125 Å². The molecule has 0 amide bonds. The van der Waals surface area contributed by atoms with Crippen LogP contribution in [0.2, 0.25) is 0 Å². The summed E-state index contributed by atoms with van der Waals surface area (Å²) in [5.74, 6) is -0.161. The second-order valence-corrected chi connectivity index (χ2v) is 5.63. The Balaban J connectivity index is 2.07. The van der Waals surface area contributed by atoms with E-state index < -0.39 is 12.3 Å². The van der Waals surface area contributed by atoms with E-state index >= 15 is 0 Å². The third-order valence-electron chi connectivity index (χ3n) is 3.86. The molecule has 0 saturated carbocycles. The number of hydrogen-bond acceptors (Lipinski definition) is 7. The normalized spacial score (nSPS) is 13.8. The number of phenols is 3. The number of hydrogen-bond donors (Lipinski definition) is 6. The number of aliphatic hydroxyl groups excluding tert-OH is 1. The molecule has 2 aromatic rings. The quantitative estimate of drug-likeness (QED) is 0.329. The van der Waals surface area contributed by atoms with Crippen LogP contribution >= 0.6 is 0 Å². The standard InChI is InChI=1S/C17H21NO6/c19-11-17(23,10-12-4-6-13(20)7-5-12)18(24)9-8-14-15(21)2-1-3-16(14)22/h1-7,19-24H,8-11H2/t17-/m1/s1. The van der Waals surface area contributed by atoms with Crippen LogP contribution in [0.4, 0.5) is 0 Å². The van der Waals surface area contributed by atoms with Gasteiger partial charge in [-0.05, 0) is 36.2 Å². The molecule has 0 fully saturated rings. The summed E-state index contributed by atoms with van der Waals surface area (Å²) in [7, 11) is 0. The molecule has 7 nitrogen and oxygen atoms in total. The predicted octanol–water partition coefficient (Wildman–Crippen LogP) is 0.961. The van der Waals surface area contributed by atoms with Gasteiger partial charge in [0.15, 0.2) is 5.72 Å². The highest BCUT2D eigenvalue weighted by Crippen LogP contribution is 2.27. The van der Waals surface area contributed by atoms with Gasteiger partial charge in [0, 0.05) is 18.5 Å².